The van der Waals surface area contributed by atoms with E-state index < -0.39 is 12.1 Å². The minimum Gasteiger partial charge on any atom is -0.360 e. The molecule has 8 heteroatoms. The fraction of sp³-hybridized carbons (Fsp3) is 0.250. The molecule has 148 valence electrons. The largest absolute Gasteiger partial charge is 0.471 e. The summed E-state index contributed by atoms with van der Waals surface area (Å²) in [6.07, 6.45) is -3.49. The molecule has 4 nitrogen and oxygen atoms in total. The first-order valence-corrected chi connectivity index (χ1v) is 9.02. The normalized spacial score (nSPS) is 11.9. The second-order valence-electron chi connectivity index (χ2n) is 6.51. The zero-order valence-electron chi connectivity index (χ0n) is 15.1. The van der Waals surface area contributed by atoms with E-state index in [0.29, 0.717) is 17.4 Å². The molecule has 0 aliphatic rings. The molecule has 0 radical (unpaired) electrons. The number of hydrogen-bond acceptors (Lipinski definition) is 2. The Morgan fingerprint density at radius 3 is 2.46 bits per heavy atom. The first kappa shape index (κ1) is 20.2. The van der Waals surface area contributed by atoms with Gasteiger partial charge in [0, 0.05) is 36.7 Å². The van der Waals surface area contributed by atoms with Crippen LogP contribution in [0.5, 0.6) is 0 Å². The molecule has 1 heterocycles. The Kier molecular flexibility index (Phi) is 5.96. The van der Waals surface area contributed by atoms with Crippen LogP contribution in [0, 0.1) is 0 Å². The van der Waals surface area contributed by atoms with Crippen molar-refractivity contribution in [3.05, 3.63) is 65.3 Å². The van der Waals surface area contributed by atoms with Crippen LogP contribution in [-0.2, 0) is 11.3 Å². The predicted octanol–water partition coefficient (Wildman–Crippen LogP) is 4.85. The average Bonchev–Trinajstić information content (AvgIpc) is 3.03. The van der Waals surface area contributed by atoms with Crippen molar-refractivity contribution in [1.82, 2.24) is 9.88 Å². The first-order valence-electron chi connectivity index (χ1n) is 8.64. The van der Waals surface area contributed by atoms with Gasteiger partial charge in [0.25, 0.3) is 0 Å². The fourth-order valence-corrected chi connectivity index (χ4v) is 3.33. The number of nitrogens with zero attached hydrogens (tertiary/aromatic N) is 2. The number of aromatic amines is 1. The third-order valence-electron chi connectivity index (χ3n) is 4.41. The van der Waals surface area contributed by atoms with Gasteiger partial charge in [-0.05, 0) is 24.7 Å². The molecule has 1 N–H and O–H groups in total. The van der Waals surface area contributed by atoms with Crippen molar-refractivity contribution in [3.8, 4) is 0 Å². The van der Waals surface area contributed by atoms with Gasteiger partial charge in [-0.25, -0.2) is 0 Å². The smallest absolute Gasteiger partial charge is 0.360 e. The number of carbonyl (C=O) groups excluding carboxylic acids is 1. The number of H-pyrrole nitrogens is 1. The van der Waals surface area contributed by atoms with Gasteiger partial charge in [0.05, 0.1) is 10.7 Å². The fourth-order valence-electron chi connectivity index (χ4n) is 3.08. The highest BCUT2D eigenvalue weighted by atomic mass is 35.5. The van der Waals surface area contributed by atoms with Crippen LogP contribution in [0.3, 0.4) is 0 Å². The SMILES string of the molecule is CN(CCN(C(=O)C(F)(F)F)c1cccc2[nH]cc(Cl)c12)Cc1ccccc1. The van der Waals surface area contributed by atoms with E-state index >= 15 is 0 Å². The highest BCUT2D eigenvalue weighted by molar-refractivity contribution is 6.37. The number of aromatic nitrogens is 1. The van der Waals surface area contributed by atoms with Crippen LogP contribution in [0.15, 0.2) is 54.7 Å². The maximum Gasteiger partial charge on any atom is 0.471 e. The number of halogens is 4. The molecule has 0 spiro atoms. The van der Waals surface area contributed by atoms with Crippen LogP contribution in [0.2, 0.25) is 5.02 Å². The first-order chi connectivity index (χ1) is 13.3. The lowest BCUT2D eigenvalue weighted by Gasteiger charge is -2.27. The Morgan fingerprint density at radius 1 is 1.07 bits per heavy atom. The monoisotopic (exact) mass is 409 g/mol. The van der Waals surface area contributed by atoms with Gasteiger partial charge in [0.15, 0.2) is 0 Å². The van der Waals surface area contributed by atoms with Crippen molar-refractivity contribution < 1.29 is 18.0 Å². The molecule has 3 aromatic rings. The zero-order valence-corrected chi connectivity index (χ0v) is 15.9. The Hall–Kier alpha value is -2.51. The standard InChI is InChI=1S/C20H19ClF3N3O/c1-26(13-14-6-3-2-4-7-14)10-11-27(19(28)20(22,23)24)17-9-5-8-16-18(17)15(21)12-25-16/h2-9,12,25H,10-11,13H2,1H3. The van der Waals surface area contributed by atoms with Crippen molar-refractivity contribution >= 4 is 34.1 Å². The van der Waals surface area contributed by atoms with Crippen molar-refractivity contribution in [2.75, 3.05) is 25.0 Å². The van der Waals surface area contributed by atoms with Gasteiger partial charge in [-0.15, -0.1) is 0 Å². The van der Waals surface area contributed by atoms with Gasteiger partial charge in [-0.2, -0.15) is 13.2 Å². The van der Waals surface area contributed by atoms with E-state index in [1.165, 1.54) is 12.3 Å². The van der Waals surface area contributed by atoms with Crippen LogP contribution in [0.25, 0.3) is 10.9 Å². The Morgan fingerprint density at radius 2 is 1.79 bits per heavy atom. The molecule has 3 rings (SSSR count). The number of nitrogens with one attached hydrogen (secondary N) is 1. The van der Waals surface area contributed by atoms with Gasteiger partial charge in [0.2, 0.25) is 0 Å². The van der Waals surface area contributed by atoms with E-state index in [1.807, 2.05) is 35.2 Å². The lowest BCUT2D eigenvalue weighted by Crippen LogP contribution is -2.44. The van der Waals surface area contributed by atoms with Gasteiger partial charge < -0.3 is 14.8 Å². The van der Waals surface area contributed by atoms with Gasteiger partial charge in [-0.1, -0.05) is 48.0 Å². The number of hydrogen-bond donors (Lipinski definition) is 1. The van der Waals surface area contributed by atoms with E-state index in [2.05, 4.69) is 4.98 Å². The lowest BCUT2D eigenvalue weighted by molar-refractivity contribution is -0.170. The van der Waals surface area contributed by atoms with Crippen LogP contribution < -0.4 is 4.90 Å². The molecule has 1 aromatic heterocycles. The van der Waals surface area contributed by atoms with Crippen molar-refractivity contribution in [1.29, 1.82) is 0 Å². The van der Waals surface area contributed by atoms with E-state index in [-0.39, 0.29) is 23.8 Å². The summed E-state index contributed by atoms with van der Waals surface area (Å²) in [6.45, 7) is 0.696. The third kappa shape index (κ3) is 4.48. The van der Waals surface area contributed by atoms with Crippen molar-refractivity contribution in [3.63, 3.8) is 0 Å². The number of likely N-dealkylation sites (N-methyl/N-ethyl adjacent to an activating group) is 1. The Balaban J connectivity index is 1.85. The quantitative estimate of drug-likeness (QED) is 0.632. The molecule has 0 atom stereocenters. The average molecular weight is 410 g/mol. The Bertz CT molecular complexity index is 956. The molecule has 2 aromatic carbocycles. The summed E-state index contributed by atoms with van der Waals surface area (Å²) < 4.78 is 39.7. The van der Waals surface area contributed by atoms with Crippen LogP contribution in [-0.4, -0.2) is 42.1 Å². The molecule has 0 aliphatic carbocycles. The molecule has 0 saturated heterocycles. The second kappa shape index (κ2) is 8.24. The Labute approximate surface area is 165 Å². The number of rotatable bonds is 6. The number of benzene rings is 2. The molecule has 1 amide bonds. The number of fused-ring (bicyclic) bond motifs is 1. The van der Waals surface area contributed by atoms with Gasteiger partial charge >= 0.3 is 12.1 Å². The van der Waals surface area contributed by atoms with Crippen molar-refractivity contribution in [2.24, 2.45) is 0 Å². The van der Waals surface area contributed by atoms with Crippen LogP contribution in [0.1, 0.15) is 5.56 Å². The number of amides is 1. The number of carbonyl (C=O) groups is 1. The molecule has 0 aliphatic heterocycles. The summed E-state index contributed by atoms with van der Waals surface area (Å²) in [5.41, 5.74) is 1.74. The third-order valence-corrected chi connectivity index (χ3v) is 4.71. The maximum absolute atomic E-state index is 13.2. The summed E-state index contributed by atoms with van der Waals surface area (Å²) in [5, 5.41) is 0.663. The summed E-state index contributed by atoms with van der Waals surface area (Å²) in [5.74, 6) is -1.91. The summed E-state index contributed by atoms with van der Waals surface area (Å²) in [4.78, 5) is 17.7. The molecule has 28 heavy (non-hydrogen) atoms. The highest BCUT2D eigenvalue weighted by Gasteiger charge is 2.43. The number of alkyl halides is 3. The second-order valence-corrected chi connectivity index (χ2v) is 6.92. The molecule has 0 bridgehead atoms. The zero-order chi connectivity index (χ0) is 20.3. The minimum absolute atomic E-state index is 0.123. The van der Waals surface area contributed by atoms with Crippen LogP contribution >= 0.6 is 11.6 Å². The molecular weight excluding hydrogens is 391 g/mol. The van der Waals surface area contributed by atoms with Gasteiger partial charge in [0.1, 0.15) is 0 Å². The van der Waals surface area contributed by atoms with Crippen LogP contribution in [0.4, 0.5) is 18.9 Å². The predicted molar refractivity (Wildman–Crippen MR) is 104 cm³/mol. The van der Waals surface area contributed by atoms with E-state index in [0.717, 1.165) is 10.5 Å². The molecule has 0 fully saturated rings. The lowest BCUT2D eigenvalue weighted by atomic mass is 10.2. The minimum atomic E-state index is -4.98. The molecular formula is C20H19ClF3N3O. The van der Waals surface area contributed by atoms with E-state index in [1.54, 1.807) is 19.2 Å². The maximum atomic E-state index is 13.2. The molecule has 0 unspecified atom stereocenters. The molecule has 0 saturated carbocycles. The number of anilines is 1. The summed E-state index contributed by atoms with van der Waals surface area (Å²) in [7, 11) is 1.80. The topological polar surface area (TPSA) is 39.3 Å². The highest BCUT2D eigenvalue weighted by Crippen LogP contribution is 2.34. The summed E-state index contributed by atoms with van der Waals surface area (Å²) >= 11 is 6.15. The van der Waals surface area contributed by atoms with Gasteiger partial charge in [-0.3, -0.25) is 4.79 Å². The van der Waals surface area contributed by atoms with Crippen molar-refractivity contribution in [2.45, 2.75) is 12.7 Å². The summed E-state index contributed by atoms with van der Waals surface area (Å²) in [6, 6.07) is 14.3. The van der Waals surface area contributed by atoms with E-state index in [9.17, 15) is 18.0 Å². The van der Waals surface area contributed by atoms with E-state index in [4.69, 9.17) is 11.6 Å².